The van der Waals surface area contributed by atoms with E-state index in [0.717, 1.165) is 0 Å². The van der Waals surface area contributed by atoms with E-state index in [9.17, 15) is 8.42 Å². The third-order valence-electron chi connectivity index (χ3n) is 2.88. The zero-order valence-electron chi connectivity index (χ0n) is 13.0. The van der Waals surface area contributed by atoms with Crippen LogP contribution in [0.15, 0.2) is 27.6 Å². The highest BCUT2D eigenvalue weighted by Gasteiger charge is 2.20. The van der Waals surface area contributed by atoms with E-state index in [0.29, 0.717) is 29.4 Å². The van der Waals surface area contributed by atoms with Gasteiger partial charge in [0.1, 0.15) is 5.75 Å². The standard InChI is InChI=1S/C14H19N3O4S/c1-5-13-15-14(16-21-13)11-8-10(6-7-12(11)20-4)22(18,19)17-9(2)3/h6-9,17H,5H2,1-4H3. The zero-order chi connectivity index (χ0) is 16.3. The molecule has 1 N–H and O–H groups in total. The van der Waals surface area contributed by atoms with Crippen LogP contribution in [0.1, 0.15) is 26.7 Å². The first kappa shape index (κ1) is 16.4. The van der Waals surface area contributed by atoms with Gasteiger partial charge in [0.2, 0.25) is 21.7 Å². The summed E-state index contributed by atoms with van der Waals surface area (Å²) >= 11 is 0. The Balaban J connectivity index is 2.51. The van der Waals surface area contributed by atoms with Crippen molar-refractivity contribution >= 4 is 10.0 Å². The predicted molar refractivity (Wildman–Crippen MR) is 81.1 cm³/mol. The van der Waals surface area contributed by atoms with Crippen LogP contribution in [0.2, 0.25) is 0 Å². The second-order valence-corrected chi connectivity index (χ2v) is 6.72. The lowest BCUT2D eigenvalue weighted by Crippen LogP contribution is -2.30. The van der Waals surface area contributed by atoms with E-state index in [4.69, 9.17) is 9.26 Å². The number of benzene rings is 1. The maximum Gasteiger partial charge on any atom is 0.240 e. The molecule has 0 unspecified atom stereocenters. The Labute approximate surface area is 129 Å². The van der Waals surface area contributed by atoms with Gasteiger partial charge in [0, 0.05) is 12.5 Å². The maximum atomic E-state index is 12.3. The molecule has 1 aromatic carbocycles. The molecule has 0 aliphatic heterocycles. The summed E-state index contributed by atoms with van der Waals surface area (Å²) in [6, 6.07) is 4.33. The maximum absolute atomic E-state index is 12.3. The summed E-state index contributed by atoms with van der Waals surface area (Å²) in [6.45, 7) is 5.41. The number of methoxy groups -OCH3 is 1. The number of hydrogen-bond acceptors (Lipinski definition) is 6. The summed E-state index contributed by atoms with van der Waals surface area (Å²) in [6.07, 6.45) is 0.599. The van der Waals surface area contributed by atoms with Gasteiger partial charge in [-0.2, -0.15) is 4.98 Å². The van der Waals surface area contributed by atoms with Gasteiger partial charge in [0.05, 0.1) is 17.6 Å². The fraction of sp³-hybridized carbons (Fsp3) is 0.429. The van der Waals surface area contributed by atoms with Crippen molar-refractivity contribution in [3.05, 3.63) is 24.1 Å². The number of aryl methyl sites for hydroxylation is 1. The highest BCUT2D eigenvalue weighted by atomic mass is 32.2. The Morgan fingerprint density at radius 1 is 1.36 bits per heavy atom. The lowest BCUT2D eigenvalue weighted by atomic mass is 10.2. The second-order valence-electron chi connectivity index (χ2n) is 5.00. The molecule has 0 amide bonds. The van der Waals surface area contributed by atoms with Crippen molar-refractivity contribution in [3.8, 4) is 17.1 Å². The van der Waals surface area contributed by atoms with Gasteiger partial charge in [-0.25, -0.2) is 13.1 Å². The molecule has 0 atom stereocenters. The normalized spacial score (nSPS) is 11.9. The molecular formula is C14H19N3O4S. The Morgan fingerprint density at radius 2 is 2.09 bits per heavy atom. The molecule has 8 heteroatoms. The average molecular weight is 325 g/mol. The Hall–Kier alpha value is -1.93. The first-order valence-corrected chi connectivity index (χ1v) is 8.39. The number of rotatable bonds is 6. The Morgan fingerprint density at radius 3 is 2.64 bits per heavy atom. The molecule has 0 fully saturated rings. The van der Waals surface area contributed by atoms with Crippen molar-refractivity contribution in [2.75, 3.05) is 7.11 Å². The molecule has 22 heavy (non-hydrogen) atoms. The number of ether oxygens (including phenoxy) is 1. The lowest BCUT2D eigenvalue weighted by Gasteiger charge is -2.11. The molecule has 1 heterocycles. The van der Waals surface area contributed by atoms with Crippen LogP contribution in [0.4, 0.5) is 0 Å². The third-order valence-corrected chi connectivity index (χ3v) is 4.54. The molecule has 0 aliphatic rings. The minimum atomic E-state index is -3.61. The lowest BCUT2D eigenvalue weighted by molar-refractivity contribution is 0.382. The van der Waals surface area contributed by atoms with Gasteiger partial charge >= 0.3 is 0 Å². The molecule has 0 saturated heterocycles. The van der Waals surface area contributed by atoms with Crippen LogP contribution in [0.5, 0.6) is 5.75 Å². The molecule has 1 aromatic heterocycles. The Kier molecular flexibility index (Phi) is 4.82. The topological polar surface area (TPSA) is 94.3 Å². The minimum Gasteiger partial charge on any atom is -0.496 e. The third kappa shape index (κ3) is 3.45. The van der Waals surface area contributed by atoms with Gasteiger partial charge in [-0.15, -0.1) is 0 Å². The van der Waals surface area contributed by atoms with E-state index in [1.807, 2.05) is 6.92 Å². The van der Waals surface area contributed by atoms with Gasteiger partial charge in [0.25, 0.3) is 0 Å². The minimum absolute atomic E-state index is 0.125. The van der Waals surface area contributed by atoms with Crippen molar-refractivity contribution in [3.63, 3.8) is 0 Å². The van der Waals surface area contributed by atoms with Crippen molar-refractivity contribution in [2.24, 2.45) is 0 Å². The molecule has 0 aliphatic carbocycles. The smallest absolute Gasteiger partial charge is 0.240 e. The number of hydrogen-bond donors (Lipinski definition) is 1. The van der Waals surface area contributed by atoms with Gasteiger partial charge in [-0.3, -0.25) is 0 Å². The number of nitrogens with one attached hydrogen (secondary N) is 1. The molecule has 0 saturated carbocycles. The van der Waals surface area contributed by atoms with Crippen molar-refractivity contribution in [2.45, 2.75) is 38.1 Å². The number of nitrogens with zero attached hydrogens (tertiary/aromatic N) is 2. The fourth-order valence-electron chi connectivity index (χ4n) is 1.92. The van der Waals surface area contributed by atoms with Crippen LogP contribution >= 0.6 is 0 Å². The SMILES string of the molecule is CCc1nc(-c2cc(S(=O)(=O)NC(C)C)ccc2OC)no1. The average Bonchev–Trinajstić information content (AvgIpc) is 2.94. The number of sulfonamides is 1. The molecule has 0 spiro atoms. The van der Waals surface area contributed by atoms with Crippen LogP contribution < -0.4 is 9.46 Å². The van der Waals surface area contributed by atoms with Gasteiger partial charge in [-0.05, 0) is 32.0 Å². The molecule has 7 nitrogen and oxygen atoms in total. The summed E-state index contributed by atoms with van der Waals surface area (Å²) in [7, 11) is -2.11. The highest BCUT2D eigenvalue weighted by molar-refractivity contribution is 7.89. The number of aromatic nitrogens is 2. The molecule has 120 valence electrons. The van der Waals surface area contributed by atoms with Gasteiger partial charge < -0.3 is 9.26 Å². The molecule has 0 radical (unpaired) electrons. The van der Waals surface area contributed by atoms with E-state index in [-0.39, 0.29) is 10.9 Å². The van der Waals surface area contributed by atoms with E-state index < -0.39 is 10.0 Å². The van der Waals surface area contributed by atoms with Crippen LogP contribution in [0, 0.1) is 0 Å². The van der Waals surface area contributed by atoms with Gasteiger partial charge in [0.15, 0.2) is 0 Å². The van der Waals surface area contributed by atoms with E-state index in [1.54, 1.807) is 19.9 Å². The fourth-order valence-corrected chi connectivity index (χ4v) is 3.19. The highest BCUT2D eigenvalue weighted by Crippen LogP contribution is 2.30. The summed E-state index contributed by atoms with van der Waals surface area (Å²) in [4.78, 5) is 4.34. The quantitative estimate of drug-likeness (QED) is 0.873. The van der Waals surface area contributed by atoms with Crippen molar-refractivity contribution in [1.29, 1.82) is 0 Å². The van der Waals surface area contributed by atoms with Crippen LogP contribution in [0.25, 0.3) is 11.4 Å². The summed E-state index contributed by atoms with van der Waals surface area (Å²) in [5.41, 5.74) is 0.470. The van der Waals surface area contributed by atoms with Crippen LogP contribution in [-0.2, 0) is 16.4 Å². The first-order valence-electron chi connectivity index (χ1n) is 6.90. The first-order chi connectivity index (χ1) is 10.4. The predicted octanol–water partition coefficient (Wildman–Crippen LogP) is 1.99. The van der Waals surface area contributed by atoms with E-state index in [2.05, 4.69) is 14.9 Å². The van der Waals surface area contributed by atoms with E-state index in [1.165, 1.54) is 19.2 Å². The zero-order valence-corrected chi connectivity index (χ0v) is 13.8. The molecular weight excluding hydrogens is 306 g/mol. The second kappa shape index (κ2) is 6.45. The van der Waals surface area contributed by atoms with Crippen LogP contribution in [-0.4, -0.2) is 31.7 Å². The molecule has 0 bridgehead atoms. The van der Waals surface area contributed by atoms with Crippen molar-refractivity contribution < 1.29 is 17.7 Å². The Bertz CT molecular complexity index is 753. The van der Waals surface area contributed by atoms with Crippen LogP contribution in [0.3, 0.4) is 0 Å². The van der Waals surface area contributed by atoms with Gasteiger partial charge in [-0.1, -0.05) is 12.1 Å². The summed E-state index contributed by atoms with van der Waals surface area (Å²) < 4.78 is 37.4. The largest absolute Gasteiger partial charge is 0.496 e. The van der Waals surface area contributed by atoms with E-state index >= 15 is 0 Å². The summed E-state index contributed by atoms with van der Waals surface area (Å²) in [5, 5.41) is 3.87. The molecule has 2 aromatic rings. The van der Waals surface area contributed by atoms with Crippen molar-refractivity contribution in [1.82, 2.24) is 14.9 Å². The molecule has 2 rings (SSSR count). The summed E-state index contributed by atoms with van der Waals surface area (Å²) in [5.74, 6) is 1.26. The monoisotopic (exact) mass is 325 g/mol.